The van der Waals surface area contributed by atoms with Crippen molar-refractivity contribution < 1.29 is 9.84 Å². The predicted molar refractivity (Wildman–Crippen MR) is 64.2 cm³/mol. The van der Waals surface area contributed by atoms with E-state index in [9.17, 15) is 5.11 Å². The highest BCUT2D eigenvalue weighted by Gasteiger charge is 2.25. The van der Waals surface area contributed by atoms with Crippen LogP contribution in [0.25, 0.3) is 0 Å². The van der Waals surface area contributed by atoms with Gasteiger partial charge in [0, 0.05) is 12.5 Å². The maximum Gasteiger partial charge on any atom is 0.0593 e. The number of rotatable bonds is 3. The van der Waals surface area contributed by atoms with Gasteiger partial charge in [0.25, 0.3) is 0 Å². The number of aliphatic hydroxyl groups is 1. The summed E-state index contributed by atoms with van der Waals surface area (Å²) in [5.41, 5.74) is 0. The normalized spacial score (nSPS) is 31.4. The highest BCUT2D eigenvalue weighted by atomic mass is 32.2. The smallest absolute Gasteiger partial charge is 0.0593 e. The summed E-state index contributed by atoms with van der Waals surface area (Å²) in [5, 5.41) is 10.1. The Morgan fingerprint density at radius 2 is 2.07 bits per heavy atom. The fraction of sp³-hybridized carbons (Fsp3) is 1.00. The van der Waals surface area contributed by atoms with E-state index in [-0.39, 0.29) is 6.10 Å². The lowest BCUT2D eigenvalue weighted by Crippen LogP contribution is -2.31. The molecule has 2 unspecified atom stereocenters. The molecule has 2 aliphatic heterocycles. The van der Waals surface area contributed by atoms with Gasteiger partial charge in [0.05, 0.1) is 12.7 Å². The molecule has 1 N–H and O–H groups in total. The Kier molecular flexibility index (Phi) is 4.79. The largest absolute Gasteiger partial charge is 0.393 e. The Bertz CT molecular complexity index is 174. The van der Waals surface area contributed by atoms with Crippen LogP contribution in [0.1, 0.15) is 32.1 Å². The van der Waals surface area contributed by atoms with E-state index in [1.165, 1.54) is 24.3 Å². The van der Waals surface area contributed by atoms with E-state index < -0.39 is 0 Å². The monoisotopic (exact) mass is 230 g/mol. The molecule has 2 heterocycles. The van der Waals surface area contributed by atoms with Crippen molar-refractivity contribution in [2.45, 2.75) is 38.2 Å². The molecule has 0 aromatic carbocycles. The standard InChI is InChI=1S/C12H22O2S/c13-12(11-2-1-5-14-9-11)8-10-3-6-15-7-4-10/h10-13H,1-9H2. The fourth-order valence-electron chi connectivity index (χ4n) is 2.59. The summed E-state index contributed by atoms with van der Waals surface area (Å²) in [6.07, 6.45) is 5.78. The first-order chi connectivity index (χ1) is 7.36. The SMILES string of the molecule is OC(CC1CCSCC1)C1CCCOC1. The summed E-state index contributed by atoms with van der Waals surface area (Å²) in [6.45, 7) is 1.67. The van der Waals surface area contributed by atoms with Crippen LogP contribution in [-0.2, 0) is 4.74 Å². The first-order valence-corrected chi connectivity index (χ1v) is 7.35. The molecule has 0 bridgehead atoms. The third-order valence-corrected chi connectivity index (χ3v) is 4.70. The second kappa shape index (κ2) is 6.12. The third kappa shape index (κ3) is 3.65. The number of thioether (sulfide) groups is 1. The Balaban J connectivity index is 1.72. The summed E-state index contributed by atoms with van der Waals surface area (Å²) < 4.78 is 5.43. The van der Waals surface area contributed by atoms with Gasteiger partial charge in [-0.15, -0.1) is 0 Å². The van der Waals surface area contributed by atoms with Crippen LogP contribution < -0.4 is 0 Å². The van der Waals surface area contributed by atoms with Gasteiger partial charge in [-0.3, -0.25) is 0 Å². The van der Waals surface area contributed by atoms with Gasteiger partial charge in [-0.2, -0.15) is 11.8 Å². The van der Waals surface area contributed by atoms with E-state index in [2.05, 4.69) is 11.8 Å². The molecule has 88 valence electrons. The Hall–Kier alpha value is 0.270. The molecule has 2 aliphatic rings. The van der Waals surface area contributed by atoms with Crippen LogP contribution in [0.4, 0.5) is 0 Å². The van der Waals surface area contributed by atoms with Crippen molar-refractivity contribution in [2.75, 3.05) is 24.7 Å². The summed E-state index contributed by atoms with van der Waals surface area (Å²) in [5.74, 6) is 3.76. The molecule has 3 heteroatoms. The molecule has 0 aromatic rings. The van der Waals surface area contributed by atoms with Crippen molar-refractivity contribution >= 4 is 11.8 Å². The highest BCUT2D eigenvalue weighted by molar-refractivity contribution is 7.99. The molecule has 0 amide bonds. The molecular formula is C12H22O2S. The summed E-state index contributed by atoms with van der Waals surface area (Å²) in [4.78, 5) is 0. The first-order valence-electron chi connectivity index (χ1n) is 6.20. The lowest BCUT2D eigenvalue weighted by Gasteiger charge is -2.30. The van der Waals surface area contributed by atoms with Crippen LogP contribution in [0.3, 0.4) is 0 Å². The minimum atomic E-state index is -0.113. The van der Waals surface area contributed by atoms with Crippen molar-refractivity contribution in [3.8, 4) is 0 Å². The average molecular weight is 230 g/mol. The van der Waals surface area contributed by atoms with Gasteiger partial charge in [-0.25, -0.2) is 0 Å². The lowest BCUT2D eigenvalue weighted by molar-refractivity contribution is -0.0180. The first kappa shape index (κ1) is 11.7. The molecule has 0 aromatic heterocycles. The van der Waals surface area contributed by atoms with Gasteiger partial charge in [0.15, 0.2) is 0 Å². The van der Waals surface area contributed by atoms with Gasteiger partial charge in [-0.1, -0.05) is 0 Å². The molecule has 2 atom stereocenters. The minimum absolute atomic E-state index is 0.113. The van der Waals surface area contributed by atoms with Crippen molar-refractivity contribution in [3.63, 3.8) is 0 Å². The molecule has 2 fully saturated rings. The fourth-order valence-corrected chi connectivity index (χ4v) is 3.79. The van der Waals surface area contributed by atoms with Crippen LogP contribution in [-0.4, -0.2) is 35.9 Å². The van der Waals surface area contributed by atoms with Gasteiger partial charge < -0.3 is 9.84 Å². The van der Waals surface area contributed by atoms with E-state index in [4.69, 9.17) is 4.74 Å². The van der Waals surface area contributed by atoms with E-state index in [0.29, 0.717) is 5.92 Å². The maximum absolute atomic E-state index is 10.1. The summed E-state index contributed by atoms with van der Waals surface area (Å²) >= 11 is 2.06. The summed E-state index contributed by atoms with van der Waals surface area (Å²) in [7, 11) is 0. The molecule has 0 radical (unpaired) electrons. The Morgan fingerprint density at radius 3 is 2.73 bits per heavy atom. The van der Waals surface area contributed by atoms with Crippen molar-refractivity contribution in [1.82, 2.24) is 0 Å². The molecule has 2 saturated heterocycles. The average Bonchev–Trinajstić information content (AvgIpc) is 2.31. The third-order valence-electron chi connectivity index (χ3n) is 3.66. The minimum Gasteiger partial charge on any atom is -0.393 e. The zero-order valence-electron chi connectivity index (χ0n) is 9.36. The second-order valence-electron chi connectivity index (χ2n) is 4.84. The van der Waals surface area contributed by atoms with Crippen molar-refractivity contribution in [1.29, 1.82) is 0 Å². The van der Waals surface area contributed by atoms with E-state index in [1.54, 1.807) is 0 Å². The maximum atomic E-state index is 10.1. The Labute approximate surface area is 96.8 Å². The molecule has 0 spiro atoms. The zero-order chi connectivity index (χ0) is 10.5. The topological polar surface area (TPSA) is 29.5 Å². The zero-order valence-corrected chi connectivity index (χ0v) is 10.2. The van der Waals surface area contributed by atoms with E-state index in [1.807, 2.05) is 0 Å². The molecular weight excluding hydrogens is 208 g/mol. The van der Waals surface area contributed by atoms with Crippen molar-refractivity contribution in [3.05, 3.63) is 0 Å². The van der Waals surface area contributed by atoms with Crippen LogP contribution in [0.15, 0.2) is 0 Å². The molecule has 2 rings (SSSR count). The molecule has 15 heavy (non-hydrogen) atoms. The van der Waals surface area contributed by atoms with Gasteiger partial charge in [0.2, 0.25) is 0 Å². The van der Waals surface area contributed by atoms with Crippen molar-refractivity contribution in [2.24, 2.45) is 11.8 Å². The molecule has 2 nitrogen and oxygen atoms in total. The van der Waals surface area contributed by atoms with E-state index >= 15 is 0 Å². The van der Waals surface area contributed by atoms with Gasteiger partial charge in [0.1, 0.15) is 0 Å². The summed E-state index contributed by atoms with van der Waals surface area (Å²) in [6, 6.07) is 0. The molecule has 0 saturated carbocycles. The van der Waals surface area contributed by atoms with Crippen LogP contribution in [0, 0.1) is 11.8 Å². The number of ether oxygens (including phenoxy) is 1. The highest BCUT2D eigenvalue weighted by Crippen LogP contribution is 2.29. The van der Waals surface area contributed by atoms with E-state index in [0.717, 1.165) is 38.4 Å². The van der Waals surface area contributed by atoms with Crippen LogP contribution in [0.2, 0.25) is 0 Å². The molecule has 0 aliphatic carbocycles. The number of aliphatic hydroxyl groups excluding tert-OH is 1. The lowest BCUT2D eigenvalue weighted by atomic mass is 9.87. The quantitative estimate of drug-likeness (QED) is 0.807. The predicted octanol–water partition coefficient (Wildman–Crippen LogP) is 2.31. The van der Waals surface area contributed by atoms with Crippen LogP contribution >= 0.6 is 11.8 Å². The second-order valence-corrected chi connectivity index (χ2v) is 6.06. The van der Waals surface area contributed by atoms with Gasteiger partial charge in [-0.05, 0) is 49.5 Å². The van der Waals surface area contributed by atoms with Gasteiger partial charge >= 0.3 is 0 Å². The number of hydrogen-bond donors (Lipinski definition) is 1. The Morgan fingerprint density at radius 1 is 1.27 bits per heavy atom. The van der Waals surface area contributed by atoms with Crippen LogP contribution in [0.5, 0.6) is 0 Å². The number of hydrogen-bond acceptors (Lipinski definition) is 3.